The first-order valence-electron chi connectivity index (χ1n) is 10.4. The average Bonchev–Trinajstić information content (AvgIpc) is 2.98. The molecule has 0 radical (unpaired) electrons. The lowest BCUT2D eigenvalue weighted by Gasteiger charge is -2.20. The molecule has 0 saturated carbocycles. The van der Waals surface area contributed by atoms with Crippen molar-refractivity contribution in [3.05, 3.63) is 52.6 Å². The minimum atomic E-state index is 0.617. The van der Waals surface area contributed by atoms with Crippen LogP contribution in [-0.2, 0) is 12.8 Å². The monoisotopic (exact) mass is 396 g/mol. The van der Waals surface area contributed by atoms with Gasteiger partial charge in [-0.15, -0.1) is 0 Å². The molecule has 156 valence electrons. The summed E-state index contributed by atoms with van der Waals surface area (Å²) in [5.74, 6) is 2.97. The van der Waals surface area contributed by atoms with Gasteiger partial charge in [-0.2, -0.15) is 0 Å². The van der Waals surface area contributed by atoms with E-state index in [2.05, 4.69) is 25.1 Å². The minimum absolute atomic E-state index is 0.617. The van der Waals surface area contributed by atoms with Crippen molar-refractivity contribution in [2.75, 3.05) is 28.4 Å². The number of unbranched alkanes of at least 4 members (excludes halogenated alkanes) is 1. The largest absolute Gasteiger partial charge is 0.496 e. The Balaban J connectivity index is 2.17. The maximum atomic E-state index is 5.72. The molecule has 0 unspecified atom stereocenters. The molecule has 1 aliphatic rings. The lowest BCUT2D eigenvalue weighted by molar-refractivity contribution is 0.324. The van der Waals surface area contributed by atoms with Crippen LogP contribution in [0.1, 0.15) is 54.9 Å². The van der Waals surface area contributed by atoms with E-state index in [4.69, 9.17) is 18.9 Å². The molecule has 4 nitrogen and oxygen atoms in total. The molecule has 0 atom stereocenters. The summed E-state index contributed by atoms with van der Waals surface area (Å²) >= 11 is 0. The third kappa shape index (κ3) is 4.21. The fourth-order valence-electron chi connectivity index (χ4n) is 4.17. The molecule has 0 saturated heterocycles. The second-order valence-corrected chi connectivity index (χ2v) is 7.30. The quantitative estimate of drug-likeness (QED) is 0.562. The molecule has 0 N–H and O–H groups in total. The fraction of sp³-hybridized carbons (Fsp3) is 0.440. The standard InChI is InChI=1S/C25H32O4/c1-6-7-10-21-19-12-9-8-11-18(20(19)13-14-22(21)26-2)17-15-23(27-3)25(29-5)24(16-17)28-4/h11,13-16H,6-10,12H2,1-5H3. The predicted molar refractivity (Wildman–Crippen MR) is 118 cm³/mol. The van der Waals surface area contributed by atoms with Crippen molar-refractivity contribution in [2.24, 2.45) is 0 Å². The Hall–Kier alpha value is -2.62. The highest BCUT2D eigenvalue weighted by molar-refractivity contribution is 5.84. The van der Waals surface area contributed by atoms with E-state index in [0.717, 1.165) is 43.4 Å². The lowest BCUT2D eigenvalue weighted by atomic mass is 9.88. The van der Waals surface area contributed by atoms with E-state index in [0.29, 0.717) is 17.2 Å². The van der Waals surface area contributed by atoms with Crippen LogP contribution in [-0.4, -0.2) is 28.4 Å². The minimum Gasteiger partial charge on any atom is -0.496 e. The zero-order valence-corrected chi connectivity index (χ0v) is 18.3. The van der Waals surface area contributed by atoms with Crippen molar-refractivity contribution in [2.45, 2.75) is 45.4 Å². The summed E-state index contributed by atoms with van der Waals surface area (Å²) < 4.78 is 22.4. The van der Waals surface area contributed by atoms with Gasteiger partial charge in [-0.1, -0.05) is 25.5 Å². The molecule has 3 rings (SSSR count). The third-order valence-corrected chi connectivity index (χ3v) is 5.63. The Kier molecular flexibility index (Phi) is 7.08. The van der Waals surface area contributed by atoms with Crippen LogP contribution in [0.2, 0.25) is 0 Å². The Labute approximate surface area is 174 Å². The van der Waals surface area contributed by atoms with Gasteiger partial charge in [-0.05, 0) is 78.1 Å². The van der Waals surface area contributed by atoms with E-state index < -0.39 is 0 Å². The molecule has 0 amide bonds. The SMILES string of the molecule is CCCCc1c(OC)ccc2c1CCCC=C2c1cc(OC)c(OC)c(OC)c1. The molecular formula is C25H32O4. The molecule has 0 aromatic heterocycles. The van der Waals surface area contributed by atoms with Crippen molar-refractivity contribution in [3.8, 4) is 23.0 Å². The number of allylic oxidation sites excluding steroid dienone is 1. The first-order chi connectivity index (χ1) is 14.2. The number of methoxy groups -OCH3 is 4. The Morgan fingerprint density at radius 2 is 1.55 bits per heavy atom. The van der Waals surface area contributed by atoms with Gasteiger partial charge < -0.3 is 18.9 Å². The van der Waals surface area contributed by atoms with Gasteiger partial charge in [0.2, 0.25) is 5.75 Å². The zero-order chi connectivity index (χ0) is 20.8. The Morgan fingerprint density at radius 1 is 0.862 bits per heavy atom. The van der Waals surface area contributed by atoms with Gasteiger partial charge in [0.15, 0.2) is 11.5 Å². The van der Waals surface area contributed by atoms with Gasteiger partial charge in [0.1, 0.15) is 5.75 Å². The van der Waals surface area contributed by atoms with Gasteiger partial charge in [0.25, 0.3) is 0 Å². The predicted octanol–water partition coefficient (Wildman–Crippen LogP) is 5.83. The first-order valence-corrected chi connectivity index (χ1v) is 10.4. The van der Waals surface area contributed by atoms with Crippen LogP contribution < -0.4 is 18.9 Å². The number of fused-ring (bicyclic) bond motifs is 1. The number of benzene rings is 2. The van der Waals surface area contributed by atoms with E-state index in [1.807, 2.05) is 12.1 Å². The van der Waals surface area contributed by atoms with Gasteiger partial charge in [-0.3, -0.25) is 0 Å². The second kappa shape index (κ2) is 9.73. The van der Waals surface area contributed by atoms with Crippen molar-refractivity contribution in [1.29, 1.82) is 0 Å². The first kappa shape index (κ1) is 21.1. The lowest BCUT2D eigenvalue weighted by Crippen LogP contribution is -2.04. The summed E-state index contributed by atoms with van der Waals surface area (Å²) in [5, 5.41) is 0. The summed E-state index contributed by atoms with van der Waals surface area (Å²) in [5.41, 5.74) is 6.34. The summed E-state index contributed by atoms with van der Waals surface area (Å²) in [6.45, 7) is 2.23. The maximum absolute atomic E-state index is 5.72. The summed E-state index contributed by atoms with van der Waals surface area (Å²) in [4.78, 5) is 0. The molecule has 2 aromatic rings. The average molecular weight is 397 g/mol. The van der Waals surface area contributed by atoms with Gasteiger partial charge >= 0.3 is 0 Å². The van der Waals surface area contributed by atoms with Crippen molar-refractivity contribution in [1.82, 2.24) is 0 Å². The number of hydrogen-bond acceptors (Lipinski definition) is 4. The highest BCUT2D eigenvalue weighted by Crippen LogP contribution is 2.43. The van der Waals surface area contributed by atoms with Crippen LogP contribution in [0.5, 0.6) is 23.0 Å². The Morgan fingerprint density at radius 3 is 2.14 bits per heavy atom. The van der Waals surface area contributed by atoms with Crippen LogP contribution in [0.25, 0.3) is 5.57 Å². The third-order valence-electron chi connectivity index (χ3n) is 5.63. The van der Waals surface area contributed by atoms with Gasteiger partial charge in [0, 0.05) is 0 Å². The van der Waals surface area contributed by atoms with Crippen molar-refractivity contribution in [3.63, 3.8) is 0 Å². The second-order valence-electron chi connectivity index (χ2n) is 7.30. The van der Waals surface area contributed by atoms with E-state index in [1.165, 1.54) is 28.7 Å². The van der Waals surface area contributed by atoms with Crippen molar-refractivity contribution >= 4 is 5.57 Å². The summed E-state index contributed by atoms with van der Waals surface area (Å²) in [7, 11) is 6.71. The molecule has 0 aliphatic heterocycles. The molecule has 29 heavy (non-hydrogen) atoms. The molecule has 0 spiro atoms. The fourth-order valence-corrected chi connectivity index (χ4v) is 4.17. The molecule has 4 heteroatoms. The zero-order valence-electron chi connectivity index (χ0n) is 18.3. The maximum Gasteiger partial charge on any atom is 0.203 e. The molecular weight excluding hydrogens is 364 g/mol. The van der Waals surface area contributed by atoms with Crippen LogP contribution in [0.15, 0.2) is 30.3 Å². The smallest absolute Gasteiger partial charge is 0.203 e. The van der Waals surface area contributed by atoms with Gasteiger partial charge in [0.05, 0.1) is 28.4 Å². The number of hydrogen-bond donors (Lipinski definition) is 0. The Bertz CT molecular complexity index is 858. The highest BCUT2D eigenvalue weighted by atomic mass is 16.5. The number of ether oxygens (including phenoxy) is 4. The molecule has 2 aromatic carbocycles. The van der Waals surface area contributed by atoms with Crippen LogP contribution in [0.4, 0.5) is 0 Å². The van der Waals surface area contributed by atoms with Crippen LogP contribution in [0.3, 0.4) is 0 Å². The van der Waals surface area contributed by atoms with Crippen LogP contribution >= 0.6 is 0 Å². The molecule has 0 fully saturated rings. The summed E-state index contributed by atoms with van der Waals surface area (Å²) in [6, 6.07) is 8.39. The van der Waals surface area contributed by atoms with Crippen molar-refractivity contribution < 1.29 is 18.9 Å². The van der Waals surface area contributed by atoms with Crippen LogP contribution in [0, 0.1) is 0 Å². The van der Waals surface area contributed by atoms with E-state index in [9.17, 15) is 0 Å². The van der Waals surface area contributed by atoms with E-state index in [1.54, 1.807) is 28.4 Å². The topological polar surface area (TPSA) is 36.9 Å². The van der Waals surface area contributed by atoms with E-state index in [-0.39, 0.29) is 0 Å². The normalized spacial score (nSPS) is 13.2. The molecule has 0 heterocycles. The molecule has 0 bridgehead atoms. The van der Waals surface area contributed by atoms with Gasteiger partial charge in [-0.25, -0.2) is 0 Å². The van der Waals surface area contributed by atoms with E-state index >= 15 is 0 Å². The highest BCUT2D eigenvalue weighted by Gasteiger charge is 2.22. The summed E-state index contributed by atoms with van der Waals surface area (Å²) in [6.07, 6.45) is 8.95. The molecule has 1 aliphatic carbocycles. The number of rotatable bonds is 8.